The molecule has 11 rings (SSSR count). The van der Waals surface area contributed by atoms with Gasteiger partial charge in [0, 0.05) is 73.5 Å². The average Bonchev–Trinajstić information content (AvgIpc) is 3.71. The number of hydrogen-bond acceptors (Lipinski definition) is 8. The summed E-state index contributed by atoms with van der Waals surface area (Å²) in [5, 5.41) is 14.9. The van der Waals surface area contributed by atoms with Gasteiger partial charge in [0.2, 0.25) is 0 Å². The zero-order valence-electron chi connectivity index (χ0n) is 34.5. The molecule has 1 saturated carbocycles. The maximum Gasteiger partial charge on any atom is 0.438 e. The number of carbonyl (C=O) groups excluding carboxylic acids is 1. The molecule has 1 aliphatic carbocycles. The standard InChI is InChI=1S/C45H42F2N10O5/c1-24-17-31(18-25(2)39(24)47)57-40(55-14-13-54(44(55)60)36-21-30-23-48-52(4)35(30)22-32(36)46)38-26(3)53(12-7-33(38)50-57)41(58)37-20-29-19-28(27-8-15-61-16-9-27)5-6-34(29)56(37)45(10-11-45)42-49-43(59)62-51-42/h5-6,13-14,17-23,26-27H,7-12,15-16H2,1-4H3,(H,49,51,59)/t26-/m0/s1. The first-order valence-corrected chi connectivity index (χ1v) is 20.8. The number of aryl methyl sites for hydroxylation is 3. The molecule has 3 aromatic carbocycles. The SMILES string of the molecule is Cc1cc(-n2nc3c(c2-n2ccn(-c4cc5cnn(C)c5cc4F)c2=O)[C@H](C)N(C(=O)c2cc4cc(C5CCOCC5)ccc4n2C2(c4noc(=O)[nH]4)CC2)CC3)cc(C)c1F. The number of rotatable bonds is 7. The number of nitrogens with zero attached hydrogens (tertiary/aromatic N) is 9. The molecule has 2 aliphatic heterocycles. The van der Waals surface area contributed by atoms with E-state index in [1.54, 1.807) is 65.8 Å². The Kier molecular flexibility index (Phi) is 8.49. The number of aromatic amines is 1. The number of nitrogens with one attached hydrogen (secondary N) is 1. The number of carbonyl (C=O) groups is 1. The van der Waals surface area contributed by atoms with Crippen LogP contribution in [0.2, 0.25) is 0 Å². The third-order valence-electron chi connectivity index (χ3n) is 13.2. The van der Waals surface area contributed by atoms with E-state index >= 15 is 13.6 Å². The minimum atomic E-state index is -0.804. The fraction of sp³-hybridized carbons (Fsp3) is 0.333. The molecule has 0 spiro atoms. The average molecular weight is 841 g/mol. The van der Waals surface area contributed by atoms with E-state index in [0.29, 0.717) is 101 Å². The van der Waals surface area contributed by atoms with Crippen molar-refractivity contribution in [3.05, 3.63) is 139 Å². The monoisotopic (exact) mass is 840 g/mol. The Morgan fingerprint density at radius 2 is 1.69 bits per heavy atom. The Morgan fingerprint density at radius 1 is 0.935 bits per heavy atom. The van der Waals surface area contributed by atoms with Crippen LogP contribution in [0.3, 0.4) is 0 Å². The summed E-state index contributed by atoms with van der Waals surface area (Å²) in [6.45, 7) is 6.94. The van der Waals surface area contributed by atoms with Crippen LogP contribution in [0.5, 0.6) is 0 Å². The molecule has 1 atom stereocenters. The van der Waals surface area contributed by atoms with Crippen LogP contribution in [-0.2, 0) is 23.7 Å². The summed E-state index contributed by atoms with van der Waals surface area (Å²) in [7, 11) is 1.72. The minimum absolute atomic E-state index is 0.0442. The molecule has 0 radical (unpaired) electrons. The van der Waals surface area contributed by atoms with Gasteiger partial charge in [-0.1, -0.05) is 11.2 Å². The number of amides is 1. The normalized spacial score (nSPS) is 17.6. The molecular formula is C45H42F2N10O5. The quantitative estimate of drug-likeness (QED) is 0.193. The summed E-state index contributed by atoms with van der Waals surface area (Å²) in [6.07, 6.45) is 8.09. The molecule has 17 heteroatoms. The van der Waals surface area contributed by atoms with Gasteiger partial charge in [0.1, 0.15) is 28.7 Å². The highest BCUT2D eigenvalue weighted by Crippen LogP contribution is 2.51. The molecule has 1 N–H and O–H groups in total. The maximum absolute atomic E-state index is 15.8. The summed E-state index contributed by atoms with van der Waals surface area (Å²) in [5.74, 6) is -0.849. The topological polar surface area (TPSA) is 156 Å². The van der Waals surface area contributed by atoms with Crippen molar-refractivity contribution in [2.75, 3.05) is 19.8 Å². The molecule has 7 heterocycles. The van der Waals surface area contributed by atoms with Crippen LogP contribution >= 0.6 is 0 Å². The van der Waals surface area contributed by atoms with Gasteiger partial charge in [-0.15, -0.1) is 0 Å². The summed E-state index contributed by atoms with van der Waals surface area (Å²) >= 11 is 0. The number of imidazole rings is 1. The van der Waals surface area contributed by atoms with E-state index in [-0.39, 0.29) is 17.4 Å². The van der Waals surface area contributed by atoms with E-state index in [1.807, 2.05) is 23.6 Å². The number of fused-ring (bicyclic) bond motifs is 3. The first kappa shape index (κ1) is 38.1. The van der Waals surface area contributed by atoms with Gasteiger partial charge >= 0.3 is 11.4 Å². The zero-order chi connectivity index (χ0) is 42.8. The summed E-state index contributed by atoms with van der Waals surface area (Å²) in [5.41, 5.74) is 4.28. The Morgan fingerprint density at radius 3 is 2.42 bits per heavy atom. The van der Waals surface area contributed by atoms with E-state index < -0.39 is 28.8 Å². The highest BCUT2D eigenvalue weighted by Gasteiger charge is 2.52. The lowest BCUT2D eigenvalue weighted by Crippen LogP contribution is -2.41. The third-order valence-corrected chi connectivity index (χ3v) is 13.2. The van der Waals surface area contributed by atoms with Gasteiger partial charge in [-0.25, -0.2) is 23.1 Å². The van der Waals surface area contributed by atoms with Gasteiger partial charge in [-0.05, 0) is 105 Å². The molecule has 3 aliphatic rings. The fourth-order valence-corrected chi connectivity index (χ4v) is 9.86. The van der Waals surface area contributed by atoms with Crippen molar-refractivity contribution in [3.8, 4) is 17.2 Å². The number of aromatic nitrogens is 9. The molecular weight excluding hydrogens is 799 g/mol. The van der Waals surface area contributed by atoms with E-state index in [0.717, 1.165) is 23.7 Å². The van der Waals surface area contributed by atoms with Gasteiger partial charge in [0.25, 0.3) is 5.91 Å². The van der Waals surface area contributed by atoms with Crippen LogP contribution in [0.15, 0.2) is 81.2 Å². The largest absolute Gasteiger partial charge is 0.438 e. The first-order chi connectivity index (χ1) is 29.9. The first-order valence-electron chi connectivity index (χ1n) is 20.8. The predicted molar refractivity (Wildman–Crippen MR) is 223 cm³/mol. The van der Waals surface area contributed by atoms with E-state index in [9.17, 15) is 9.59 Å². The Hall–Kier alpha value is -6.88. The second-order valence-corrected chi connectivity index (χ2v) is 16.9. The molecule has 62 heavy (non-hydrogen) atoms. The van der Waals surface area contributed by atoms with Crippen molar-refractivity contribution >= 4 is 27.7 Å². The number of halogens is 2. The van der Waals surface area contributed by atoms with E-state index in [4.69, 9.17) is 14.4 Å². The Balaban J connectivity index is 1.06. The van der Waals surface area contributed by atoms with Crippen LogP contribution in [0.4, 0.5) is 8.78 Å². The maximum atomic E-state index is 15.8. The molecule has 5 aromatic heterocycles. The Bertz CT molecular complexity index is 3240. The molecule has 1 saturated heterocycles. The highest BCUT2D eigenvalue weighted by molar-refractivity contribution is 6.00. The van der Waals surface area contributed by atoms with Crippen molar-refractivity contribution in [2.24, 2.45) is 7.05 Å². The lowest BCUT2D eigenvalue weighted by Gasteiger charge is -2.34. The van der Waals surface area contributed by atoms with Crippen molar-refractivity contribution in [3.63, 3.8) is 0 Å². The van der Waals surface area contributed by atoms with Crippen molar-refractivity contribution < 1.29 is 22.8 Å². The van der Waals surface area contributed by atoms with Gasteiger partial charge in [-0.3, -0.25) is 28.1 Å². The molecule has 0 unspecified atom stereocenters. The molecule has 15 nitrogen and oxygen atoms in total. The van der Waals surface area contributed by atoms with Crippen LogP contribution in [0, 0.1) is 25.5 Å². The molecule has 2 fully saturated rings. The predicted octanol–water partition coefficient (Wildman–Crippen LogP) is 6.42. The van der Waals surface area contributed by atoms with Gasteiger partial charge in [-0.2, -0.15) is 10.2 Å². The number of H-pyrrole nitrogens is 1. The summed E-state index contributed by atoms with van der Waals surface area (Å²) in [4.78, 5) is 46.8. The molecule has 0 bridgehead atoms. The lowest BCUT2D eigenvalue weighted by atomic mass is 9.91. The minimum Gasteiger partial charge on any atom is -0.381 e. The zero-order valence-corrected chi connectivity index (χ0v) is 34.5. The smallest absolute Gasteiger partial charge is 0.381 e. The van der Waals surface area contributed by atoms with Crippen molar-refractivity contribution in [1.82, 2.24) is 48.3 Å². The fourth-order valence-electron chi connectivity index (χ4n) is 9.86. The van der Waals surface area contributed by atoms with Gasteiger partial charge < -0.3 is 14.2 Å². The van der Waals surface area contributed by atoms with Crippen LogP contribution in [0.1, 0.15) is 88.8 Å². The van der Waals surface area contributed by atoms with Crippen LogP contribution < -0.4 is 11.4 Å². The second-order valence-electron chi connectivity index (χ2n) is 16.9. The van der Waals surface area contributed by atoms with Crippen molar-refractivity contribution in [2.45, 2.75) is 70.4 Å². The third kappa shape index (κ3) is 5.70. The molecule has 1 amide bonds. The number of hydrogen-bond donors (Lipinski definition) is 1. The summed E-state index contributed by atoms with van der Waals surface area (Å²) in [6, 6.07) is 13.9. The summed E-state index contributed by atoms with van der Waals surface area (Å²) < 4.78 is 49.3. The van der Waals surface area contributed by atoms with E-state index in [1.165, 1.54) is 27.0 Å². The van der Waals surface area contributed by atoms with Gasteiger partial charge in [0.05, 0.1) is 34.8 Å². The number of ether oxygens (including phenoxy) is 1. The second kappa shape index (κ2) is 13.8. The van der Waals surface area contributed by atoms with Crippen LogP contribution in [0.25, 0.3) is 39.0 Å². The lowest BCUT2D eigenvalue weighted by molar-refractivity contribution is 0.0664. The molecule has 8 aromatic rings. The van der Waals surface area contributed by atoms with Crippen LogP contribution in [-0.4, -0.2) is 74.0 Å². The highest BCUT2D eigenvalue weighted by atomic mass is 19.1. The number of benzene rings is 3. The molecule has 316 valence electrons. The van der Waals surface area contributed by atoms with Gasteiger partial charge in [0.15, 0.2) is 5.82 Å². The van der Waals surface area contributed by atoms with Crippen molar-refractivity contribution in [1.29, 1.82) is 0 Å². The Labute approximate surface area is 351 Å². The van der Waals surface area contributed by atoms with E-state index in [2.05, 4.69) is 27.4 Å².